The smallest absolute Gasteiger partial charge is 0.217 e. The first-order valence-corrected chi connectivity index (χ1v) is 3.70. The van der Waals surface area contributed by atoms with Gasteiger partial charge in [-0.2, -0.15) is 0 Å². The highest BCUT2D eigenvalue weighted by Gasteiger charge is 2.15. The third-order valence-corrected chi connectivity index (χ3v) is 1.88. The minimum atomic E-state index is -0.174. The average molecular weight is 141 g/mol. The summed E-state index contributed by atoms with van der Waals surface area (Å²) in [6.45, 7) is 1.83. The molecule has 10 heavy (non-hydrogen) atoms. The van der Waals surface area contributed by atoms with Crippen LogP contribution in [-0.4, -0.2) is 19.0 Å². The Morgan fingerprint density at radius 1 is 1.50 bits per heavy atom. The molecule has 1 amide bonds. The first-order chi connectivity index (χ1) is 4.79. The highest BCUT2D eigenvalue weighted by molar-refractivity contribution is 5.73. The van der Waals surface area contributed by atoms with Crippen molar-refractivity contribution in [2.45, 2.75) is 19.3 Å². The van der Waals surface area contributed by atoms with Crippen LogP contribution in [0.3, 0.4) is 0 Å². The normalized spacial score (nSPS) is 20.8. The molecule has 1 heterocycles. The highest BCUT2D eigenvalue weighted by Crippen LogP contribution is 2.15. The van der Waals surface area contributed by atoms with Crippen LogP contribution < -0.4 is 11.1 Å². The molecule has 3 heteroatoms. The number of carbonyl (C=O) groups is 1. The Kier molecular flexibility index (Phi) is 2.68. The molecule has 0 spiro atoms. The average Bonchev–Trinajstić information content (AvgIpc) is 1.88. The standard InChI is InChI=1S/C7H13N2O/c8-7(10)5-6-1-3-9-4-2-6/h6H,1-5H2,(H2,8,10). The fourth-order valence-electron chi connectivity index (χ4n) is 1.29. The summed E-state index contributed by atoms with van der Waals surface area (Å²) in [4.78, 5) is 10.5. The lowest BCUT2D eigenvalue weighted by Gasteiger charge is -2.19. The lowest BCUT2D eigenvalue weighted by molar-refractivity contribution is -0.119. The zero-order valence-electron chi connectivity index (χ0n) is 6.05. The summed E-state index contributed by atoms with van der Waals surface area (Å²) in [7, 11) is 0. The minimum absolute atomic E-state index is 0.174. The van der Waals surface area contributed by atoms with E-state index in [1.165, 1.54) is 0 Å². The van der Waals surface area contributed by atoms with Crippen LogP contribution in [0.25, 0.3) is 0 Å². The Hall–Kier alpha value is -0.570. The van der Waals surface area contributed by atoms with Crippen LogP contribution in [0.1, 0.15) is 19.3 Å². The summed E-state index contributed by atoms with van der Waals surface area (Å²) in [5.41, 5.74) is 5.05. The van der Waals surface area contributed by atoms with Crippen LogP contribution in [0.4, 0.5) is 0 Å². The van der Waals surface area contributed by atoms with Gasteiger partial charge in [-0.1, -0.05) is 0 Å². The van der Waals surface area contributed by atoms with Crippen molar-refractivity contribution < 1.29 is 4.79 Å². The van der Waals surface area contributed by atoms with E-state index in [0.717, 1.165) is 25.9 Å². The summed E-state index contributed by atoms with van der Waals surface area (Å²) in [5.74, 6) is 0.335. The predicted molar refractivity (Wildman–Crippen MR) is 38.4 cm³/mol. The van der Waals surface area contributed by atoms with Gasteiger partial charge in [-0.05, 0) is 18.8 Å². The lowest BCUT2D eigenvalue weighted by atomic mass is 9.95. The van der Waals surface area contributed by atoms with Crippen LogP contribution in [0, 0.1) is 5.92 Å². The minimum Gasteiger partial charge on any atom is -0.370 e. The molecule has 0 aromatic rings. The number of amides is 1. The molecule has 1 radical (unpaired) electrons. The molecule has 57 valence electrons. The van der Waals surface area contributed by atoms with E-state index in [-0.39, 0.29) is 5.91 Å². The molecule has 0 bridgehead atoms. The number of nitrogens with two attached hydrogens (primary N) is 1. The first kappa shape index (κ1) is 7.54. The molecule has 3 nitrogen and oxygen atoms in total. The molecular weight excluding hydrogens is 128 g/mol. The van der Waals surface area contributed by atoms with Crippen molar-refractivity contribution in [3.63, 3.8) is 0 Å². The van der Waals surface area contributed by atoms with Gasteiger partial charge in [-0.25, -0.2) is 5.32 Å². The summed E-state index contributed by atoms with van der Waals surface area (Å²) in [5, 5.41) is 4.18. The fraction of sp³-hybridized carbons (Fsp3) is 0.857. The molecule has 1 saturated heterocycles. The van der Waals surface area contributed by atoms with E-state index < -0.39 is 0 Å². The number of hydrogen-bond donors (Lipinski definition) is 1. The zero-order valence-corrected chi connectivity index (χ0v) is 6.05. The van der Waals surface area contributed by atoms with Crippen LogP contribution >= 0.6 is 0 Å². The summed E-state index contributed by atoms with van der Waals surface area (Å²) < 4.78 is 0. The van der Waals surface area contributed by atoms with Crippen molar-refractivity contribution >= 4 is 5.91 Å². The van der Waals surface area contributed by atoms with E-state index in [0.29, 0.717) is 12.3 Å². The Balaban J connectivity index is 2.19. The number of rotatable bonds is 2. The number of piperidine rings is 1. The van der Waals surface area contributed by atoms with Gasteiger partial charge in [0.1, 0.15) is 0 Å². The van der Waals surface area contributed by atoms with Gasteiger partial charge in [-0.3, -0.25) is 4.79 Å². The van der Waals surface area contributed by atoms with Crippen molar-refractivity contribution in [1.82, 2.24) is 5.32 Å². The van der Waals surface area contributed by atoms with Gasteiger partial charge in [-0.15, -0.1) is 0 Å². The maximum atomic E-state index is 10.5. The van der Waals surface area contributed by atoms with E-state index in [1.54, 1.807) is 0 Å². The lowest BCUT2D eigenvalue weighted by Crippen LogP contribution is -2.26. The second-order valence-corrected chi connectivity index (χ2v) is 2.78. The molecule has 0 atom stereocenters. The van der Waals surface area contributed by atoms with Gasteiger partial charge in [0, 0.05) is 19.5 Å². The van der Waals surface area contributed by atoms with Gasteiger partial charge in [0.25, 0.3) is 0 Å². The van der Waals surface area contributed by atoms with Gasteiger partial charge in [0.15, 0.2) is 0 Å². The van der Waals surface area contributed by atoms with Crippen molar-refractivity contribution in [1.29, 1.82) is 0 Å². The van der Waals surface area contributed by atoms with E-state index >= 15 is 0 Å². The Bertz CT molecular complexity index is 119. The van der Waals surface area contributed by atoms with Crippen LogP contribution in [0.5, 0.6) is 0 Å². The SMILES string of the molecule is NC(=O)CC1CC[N]CC1. The number of primary amides is 1. The van der Waals surface area contributed by atoms with Gasteiger partial charge < -0.3 is 5.73 Å². The molecule has 1 aliphatic rings. The molecule has 0 aromatic carbocycles. The molecule has 1 aliphatic heterocycles. The zero-order chi connectivity index (χ0) is 7.40. The van der Waals surface area contributed by atoms with Crippen molar-refractivity contribution in [3.05, 3.63) is 0 Å². The van der Waals surface area contributed by atoms with E-state index in [2.05, 4.69) is 5.32 Å². The number of hydrogen-bond acceptors (Lipinski definition) is 1. The third-order valence-electron chi connectivity index (χ3n) is 1.88. The van der Waals surface area contributed by atoms with E-state index in [9.17, 15) is 4.79 Å². The fourth-order valence-corrected chi connectivity index (χ4v) is 1.29. The second kappa shape index (κ2) is 3.56. The highest BCUT2D eigenvalue weighted by atomic mass is 16.1. The molecule has 0 aromatic heterocycles. The van der Waals surface area contributed by atoms with Crippen molar-refractivity contribution in [2.24, 2.45) is 11.7 Å². The quantitative estimate of drug-likeness (QED) is 0.572. The first-order valence-electron chi connectivity index (χ1n) is 3.70. The van der Waals surface area contributed by atoms with E-state index in [1.807, 2.05) is 0 Å². The summed E-state index contributed by atoms with van der Waals surface area (Å²) in [6.07, 6.45) is 2.64. The molecule has 0 saturated carbocycles. The van der Waals surface area contributed by atoms with Gasteiger partial charge in [0.05, 0.1) is 0 Å². The van der Waals surface area contributed by atoms with Crippen LogP contribution in [0.2, 0.25) is 0 Å². The predicted octanol–water partition coefficient (Wildman–Crippen LogP) is -0.124. The maximum absolute atomic E-state index is 10.5. The number of nitrogens with zero attached hydrogens (tertiary/aromatic N) is 1. The molecule has 1 fully saturated rings. The molecule has 0 unspecified atom stereocenters. The maximum Gasteiger partial charge on any atom is 0.217 e. The Morgan fingerprint density at radius 3 is 2.60 bits per heavy atom. The molecular formula is C7H13N2O. The third kappa shape index (κ3) is 2.35. The molecule has 1 rings (SSSR count). The Morgan fingerprint density at radius 2 is 2.10 bits per heavy atom. The second-order valence-electron chi connectivity index (χ2n) is 2.78. The summed E-state index contributed by atoms with van der Waals surface area (Å²) in [6, 6.07) is 0. The summed E-state index contributed by atoms with van der Waals surface area (Å²) >= 11 is 0. The van der Waals surface area contributed by atoms with E-state index in [4.69, 9.17) is 5.73 Å². The van der Waals surface area contributed by atoms with Crippen molar-refractivity contribution in [2.75, 3.05) is 13.1 Å². The van der Waals surface area contributed by atoms with Crippen LogP contribution in [-0.2, 0) is 4.79 Å². The van der Waals surface area contributed by atoms with Crippen LogP contribution in [0.15, 0.2) is 0 Å². The Labute approximate surface area is 61.0 Å². The number of carbonyl (C=O) groups excluding carboxylic acids is 1. The van der Waals surface area contributed by atoms with Crippen molar-refractivity contribution in [3.8, 4) is 0 Å². The van der Waals surface area contributed by atoms with Gasteiger partial charge >= 0.3 is 0 Å². The monoisotopic (exact) mass is 141 g/mol. The molecule has 0 aliphatic carbocycles. The van der Waals surface area contributed by atoms with Gasteiger partial charge in [0.2, 0.25) is 5.91 Å². The topological polar surface area (TPSA) is 57.2 Å². The largest absolute Gasteiger partial charge is 0.370 e. The molecule has 2 N–H and O–H groups in total.